The van der Waals surface area contributed by atoms with Gasteiger partial charge >= 0.3 is 0 Å². The first kappa shape index (κ1) is 13.3. The summed E-state index contributed by atoms with van der Waals surface area (Å²) in [5, 5.41) is 0. The van der Waals surface area contributed by atoms with Gasteiger partial charge in [0.25, 0.3) is 0 Å². The second kappa shape index (κ2) is 5.25. The van der Waals surface area contributed by atoms with Gasteiger partial charge in [-0.25, -0.2) is 0 Å². The highest BCUT2D eigenvalue weighted by Crippen LogP contribution is 2.33. The highest BCUT2D eigenvalue weighted by atomic mass is 15.2. The van der Waals surface area contributed by atoms with Crippen molar-refractivity contribution < 1.29 is 0 Å². The Kier molecular flexibility index (Phi) is 4.11. The standard InChI is InChI=1S/C14H29N3/c1-12-4-7-17(10-13(12)2)14(11-15)5-8-16(3)9-6-14/h12-13H,4-11,15H2,1-3H3. The normalized spacial score (nSPS) is 36.0. The lowest BCUT2D eigenvalue weighted by molar-refractivity contribution is -0.00671. The Morgan fingerprint density at radius 2 is 1.76 bits per heavy atom. The smallest absolute Gasteiger partial charge is 0.0356 e. The van der Waals surface area contributed by atoms with Gasteiger partial charge in [0.05, 0.1) is 0 Å². The van der Waals surface area contributed by atoms with Crippen LogP contribution in [0.5, 0.6) is 0 Å². The van der Waals surface area contributed by atoms with Crippen LogP contribution in [0, 0.1) is 11.8 Å². The van der Waals surface area contributed by atoms with Crippen LogP contribution in [0.4, 0.5) is 0 Å². The Morgan fingerprint density at radius 3 is 2.29 bits per heavy atom. The molecule has 2 fully saturated rings. The number of nitrogens with zero attached hydrogens (tertiary/aromatic N) is 2. The summed E-state index contributed by atoms with van der Waals surface area (Å²) in [7, 11) is 2.22. The third-order valence-corrected chi connectivity index (χ3v) is 5.30. The van der Waals surface area contributed by atoms with Crippen LogP contribution in [-0.4, -0.2) is 55.1 Å². The van der Waals surface area contributed by atoms with E-state index in [1.165, 1.54) is 45.4 Å². The van der Waals surface area contributed by atoms with Crippen molar-refractivity contribution in [2.45, 2.75) is 38.6 Å². The summed E-state index contributed by atoms with van der Waals surface area (Å²) < 4.78 is 0. The van der Waals surface area contributed by atoms with Crippen LogP contribution in [0.1, 0.15) is 33.1 Å². The zero-order valence-electron chi connectivity index (χ0n) is 11.8. The van der Waals surface area contributed by atoms with Crippen molar-refractivity contribution in [3.8, 4) is 0 Å². The van der Waals surface area contributed by atoms with E-state index in [1.54, 1.807) is 0 Å². The molecule has 0 aromatic rings. The van der Waals surface area contributed by atoms with Gasteiger partial charge in [0, 0.05) is 18.6 Å². The molecule has 100 valence electrons. The summed E-state index contributed by atoms with van der Waals surface area (Å²) in [4.78, 5) is 5.15. The zero-order chi connectivity index (χ0) is 12.5. The minimum atomic E-state index is 0.306. The van der Waals surface area contributed by atoms with Crippen LogP contribution >= 0.6 is 0 Å². The van der Waals surface area contributed by atoms with E-state index in [4.69, 9.17) is 5.73 Å². The van der Waals surface area contributed by atoms with Crippen LogP contribution < -0.4 is 5.73 Å². The summed E-state index contributed by atoms with van der Waals surface area (Å²) in [6.45, 7) is 10.5. The molecule has 0 radical (unpaired) electrons. The molecule has 3 nitrogen and oxygen atoms in total. The number of nitrogens with two attached hydrogens (primary N) is 1. The maximum atomic E-state index is 6.13. The van der Waals surface area contributed by atoms with E-state index in [9.17, 15) is 0 Å². The molecule has 2 N–H and O–H groups in total. The summed E-state index contributed by atoms with van der Waals surface area (Å²) in [6.07, 6.45) is 3.85. The molecule has 0 spiro atoms. The van der Waals surface area contributed by atoms with E-state index in [0.29, 0.717) is 5.54 Å². The van der Waals surface area contributed by atoms with Crippen molar-refractivity contribution in [2.75, 3.05) is 39.8 Å². The van der Waals surface area contributed by atoms with Crippen molar-refractivity contribution in [1.82, 2.24) is 9.80 Å². The van der Waals surface area contributed by atoms with E-state index in [2.05, 4.69) is 30.7 Å². The highest BCUT2D eigenvalue weighted by molar-refractivity contribution is 4.97. The van der Waals surface area contributed by atoms with Crippen LogP contribution in [0.2, 0.25) is 0 Å². The van der Waals surface area contributed by atoms with Crippen LogP contribution in [0.25, 0.3) is 0 Å². The van der Waals surface area contributed by atoms with Gasteiger partial charge < -0.3 is 10.6 Å². The van der Waals surface area contributed by atoms with Crippen molar-refractivity contribution in [1.29, 1.82) is 0 Å². The largest absolute Gasteiger partial charge is 0.329 e. The predicted octanol–water partition coefficient (Wildman–Crippen LogP) is 1.39. The van der Waals surface area contributed by atoms with Gasteiger partial charge in [-0.15, -0.1) is 0 Å². The first-order valence-electron chi connectivity index (χ1n) is 7.21. The third kappa shape index (κ3) is 2.67. The van der Waals surface area contributed by atoms with Crippen LogP contribution in [0.3, 0.4) is 0 Å². The lowest BCUT2D eigenvalue weighted by atomic mass is 9.80. The first-order chi connectivity index (χ1) is 8.07. The molecule has 2 saturated heterocycles. The van der Waals surface area contributed by atoms with Crippen molar-refractivity contribution in [2.24, 2.45) is 17.6 Å². The molecular formula is C14H29N3. The first-order valence-corrected chi connectivity index (χ1v) is 7.21. The van der Waals surface area contributed by atoms with E-state index in [-0.39, 0.29) is 0 Å². The van der Waals surface area contributed by atoms with Crippen molar-refractivity contribution in [3.63, 3.8) is 0 Å². The Hall–Kier alpha value is -0.120. The molecule has 0 amide bonds. The number of piperidine rings is 2. The zero-order valence-corrected chi connectivity index (χ0v) is 11.8. The minimum Gasteiger partial charge on any atom is -0.329 e. The molecule has 2 aliphatic rings. The van der Waals surface area contributed by atoms with Gasteiger partial charge in [0.15, 0.2) is 0 Å². The van der Waals surface area contributed by atoms with Gasteiger partial charge in [-0.2, -0.15) is 0 Å². The fraction of sp³-hybridized carbons (Fsp3) is 1.00. The van der Waals surface area contributed by atoms with E-state index < -0.39 is 0 Å². The monoisotopic (exact) mass is 239 g/mol. The third-order valence-electron chi connectivity index (χ3n) is 5.30. The maximum Gasteiger partial charge on any atom is 0.0356 e. The topological polar surface area (TPSA) is 32.5 Å². The van der Waals surface area contributed by atoms with Crippen LogP contribution in [-0.2, 0) is 0 Å². The predicted molar refractivity (Wildman–Crippen MR) is 73.0 cm³/mol. The quantitative estimate of drug-likeness (QED) is 0.790. The lowest BCUT2D eigenvalue weighted by Crippen LogP contribution is -2.61. The van der Waals surface area contributed by atoms with E-state index in [0.717, 1.165) is 18.4 Å². The average molecular weight is 239 g/mol. The Labute approximate surface area is 106 Å². The van der Waals surface area contributed by atoms with Gasteiger partial charge in [0.1, 0.15) is 0 Å². The molecule has 0 aromatic carbocycles. The van der Waals surface area contributed by atoms with E-state index >= 15 is 0 Å². The number of rotatable bonds is 2. The molecule has 0 aromatic heterocycles. The molecule has 3 heteroatoms. The molecule has 0 bridgehead atoms. The Balaban J connectivity index is 2.03. The van der Waals surface area contributed by atoms with Gasteiger partial charge in [-0.1, -0.05) is 13.8 Å². The molecule has 2 unspecified atom stereocenters. The SMILES string of the molecule is CC1CCN(C2(CN)CCN(C)CC2)CC1C. The summed E-state index contributed by atoms with van der Waals surface area (Å²) in [5.74, 6) is 1.71. The molecule has 2 atom stereocenters. The van der Waals surface area contributed by atoms with Gasteiger partial charge in [-0.05, 0) is 57.8 Å². The van der Waals surface area contributed by atoms with E-state index in [1.807, 2.05) is 0 Å². The molecule has 17 heavy (non-hydrogen) atoms. The minimum absolute atomic E-state index is 0.306. The Bertz CT molecular complexity index is 246. The molecule has 0 saturated carbocycles. The average Bonchev–Trinajstić information content (AvgIpc) is 2.34. The summed E-state index contributed by atoms with van der Waals surface area (Å²) in [6, 6.07) is 0. The van der Waals surface area contributed by atoms with Crippen LogP contribution in [0.15, 0.2) is 0 Å². The molecular weight excluding hydrogens is 210 g/mol. The van der Waals surface area contributed by atoms with Crippen molar-refractivity contribution in [3.05, 3.63) is 0 Å². The van der Waals surface area contributed by atoms with Crippen molar-refractivity contribution >= 4 is 0 Å². The lowest BCUT2D eigenvalue weighted by Gasteiger charge is -2.51. The Morgan fingerprint density at radius 1 is 1.12 bits per heavy atom. The molecule has 2 rings (SSSR count). The number of hydrogen-bond donors (Lipinski definition) is 1. The summed E-state index contributed by atoms with van der Waals surface area (Å²) in [5.41, 5.74) is 6.44. The maximum absolute atomic E-state index is 6.13. The molecule has 2 aliphatic heterocycles. The fourth-order valence-electron chi connectivity index (χ4n) is 3.38. The van der Waals surface area contributed by atoms with Gasteiger partial charge in [-0.3, -0.25) is 4.90 Å². The second-order valence-electron chi connectivity index (χ2n) is 6.42. The van der Waals surface area contributed by atoms with Gasteiger partial charge in [0.2, 0.25) is 0 Å². The fourth-order valence-corrected chi connectivity index (χ4v) is 3.38. The number of likely N-dealkylation sites (tertiary alicyclic amines) is 2. The number of hydrogen-bond acceptors (Lipinski definition) is 3. The summed E-state index contributed by atoms with van der Waals surface area (Å²) >= 11 is 0. The molecule has 0 aliphatic carbocycles. The molecule has 2 heterocycles. The second-order valence-corrected chi connectivity index (χ2v) is 6.42. The highest BCUT2D eigenvalue weighted by Gasteiger charge is 2.40.